The van der Waals surface area contributed by atoms with Crippen molar-refractivity contribution in [1.29, 1.82) is 0 Å². The Morgan fingerprint density at radius 3 is 2.75 bits per heavy atom. The third-order valence-corrected chi connectivity index (χ3v) is 3.88. The van der Waals surface area contributed by atoms with Gasteiger partial charge in [0, 0.05) is 5.69 Å². The molecule has 0 bridgehead atoms. The highest BCUT2D eigenvalue weighted by atomic mass is 16.2. The Labute approximate surface area is 140 Å². The van der Waals surface area contributed by atoms with Crippen molar-refractivity contribution in [3.63, 3.8) is 0 Å². The highest BCUT2D eigenvalue weighted by Gasteiger charge is 2.09. The van der Waals surface area contributed by atoms with Crippen LogP contribution in [-0.2, 0) is 11.3 Å². The van der Waals surface area contributed by atoms with E-state index in [-0.39, 0.29) is 18.0 Å². The summed E-state index contributed by atoms with van der Waals surface area (Å²) >= 11 is 0. The monoisotopic (exact) mass is 321 g/mol. The molecule has 0 spiro atoms. The second-order valence-corrected chi connectivity index (χ2v) is 6.02. The van der Waals surface area contributed by atoms with Crippen LogP contribution in [0.3, 0.4) is 0 Å². The molecule has 3 rings (SSSR count). The summed E-state index contributed by atoms with van der Waals surface area (Å²) in [6.07, 6.45) is 1.41. The molecule has 1 amide bonds. The van der Waals surface area contributed by atoms with E-state index in [1.54, 1.807) is 18.2 Å². The number of nitrogens with zero attached hydrogens (tertiary/aromatic N) is 2. The van der Waals surface area contributed by atoms with Gasteiger partial charge in [-0.25, -0.2) is 4.98 Å². The van der Waals surface area contributed by atoms with Crippen LogP contribution in [0.2, 0.25) is 0 Å². The fourth-order valence-corrected chi connectivity index (χ4v) is 2.55. The number of nitrogens with one attached hydrogen (secondary N) is 1. The Bertz CT molecular complexity index is 944. The first-order valence-corrected chi connectivity index (χ1v) is 7.88. The van der Waals surface area contributed by atoms with Gasteiger partial charge in [-0.05, 0) is 35.7 Å². The van der Waals surface area contributed by atoms with Crippen LogP contribution in [0.4, 0.5) is 5.69 Å². The van der Waals surface area contributed by atoms with Gasteiger partial charge in [0.15, 0.2) is 0 Å². The maximum Gasteiger partial charge on any atom is 0.261 e. The summed E-state index contributed by atoms with van der Waals surface area (Å²) in [5.74, 6) is 0.129. The Hall–Kier alpha value is -2.95. The van der Waals surface area contributed by atoms with E-state index in [4.69, 9.17) is 0 Å². The third kappa shape index (κ3) is 3.35. The fraction of sp³-hybridized carbons (Fsp3) is 0.211. The molecule has 5 heteroatoms. The van der Waals surface area contributed by atoms with Crippen molar-refractivity contribution in [2.75, 3.05) is 5.32 Å². The van der Waals surface area contributed by atoms with E-state index in [9.17, 15) is 9.59 Å². The van der Waals surface area contributed by atoms with Crippen molar-refractivity contribution in [1.82, 2.24) is 9.55 Å². The normalized spacial score (nSPS) is 11.0. The largest absolute Gasteiger partial charge is 0.325 e. The molecule has 0 atom stereocenters. The van der Waals surface area contributed by atoms with Crippen LogP contribution >= 0.6 is 0 Å². The molecule has 1 aromatic heterocycles. The smallest absolute Gasteiger partial charge is 0.261 e. The van der Waals surface area contributed by atoms with E-state index in [1.165, 1.54) is 10.9 Å². The Morgan fingerprint density at radius 2 is 1.96 bits per heavy atom. The second-order valence-electron chi connectivity index (χ2n) is 6.02. The Balaban J connectivity index is 1.79. The summed E-state index contributed by atoms with van der Waals surface area (Å²) in [6.45, 7) is 4.13. The van der Waals surface area contributed by atoms with Crippen LogP contribution in [-0.4, -0.2) is 15.5 Å². The van der Waals surface area contributed by atoms with Crippen LogP contribution in [0, 0.1) is 0 Å². The van der Waals surface area contributed by atoms with Crippen molar-refractivity contribution in [3.8, 4) is 0 Å². The summed E-state index contributed by atoms with van der Waals surface area (Å²) in [7, 11) is 0. The number of rotatable bonds is 4. The number of carbonyl (C=O) groups is 1. The van der Waals surface area contributed by atoms with Gasteiger partial charge < -0.3 is 5.32 Å². The lowest BCUT2D eigenvalue weighted by atomic mass is 10.0. The van der Waals surface area contributed by atoms with E-state index < -0.39 is 0 Å². The highest BCUT2D eigenvalue weighted by Crippen LogP contribution is 2.18. The first-order chi connectivity index (χ1) is 11.5. The molecule has 0 saturated carbocycles. The van der Waals surface area contributed by atoms with E-state index >= 15 is 0 Å². The number of hydrogen-bond acceptors (Lipinski definition) is 3. The van der Waals surface area contributed by atoms with Gasteiger partial charge in [-0.2, -0.15) is 0 Å². The molecule has 5 nitrogen and oxygen atoms in total. The molecule has 0 fully saturated rings. The number of carbonyl (C=O) groups excluding carboxylic acids is 1. The van der Waals surface area contributed by atoms with Crippen molar-refractivity contribution in [2.45, 2.75) is 26.3 Å². The SMILES string of the molecule is CC(C)c1cccc(NC(=O)Cn2cnc3ccccc3c2=O)c1. The summed E-state index contributed by atoms with van der Waals surface area (Å²) in [4.78, 5) is 28.9. The predicted molar refractivity (Wildman–Crippen MR) is 95.2 cm³/mol. The maximum atomic E-state index is 12.4. The summed E-state index contributed by atoms with van der Waals surface area (Å²) in [5, 5.41) is 3.34. The molecule has 0 aliphatic rings. The number of amides is 1. The van der Waals surface area contributed by atoms with Gasteiger partial charge in [0.05, 0.1) is 17.2 Å². The van der Waals surface area contributed by atoms with Crippen molar-refractivity contribution >= 4 is 22.5 Å². The third-order valence-electron chi connectivity index (χ3n) is 3.88. The first-order valence-electron chi connectivity index (χ1n) is 7.88. The number of hydrogen-bond donors (Lipinski definition) is 1. The summed E-state index contributed by atoms with van der Waals surface area (Å²) < 4.78 is 1.32. The zero-order valence-electron chi connectivity index (χ0n) is 13.7. The number of benzene rings is 2. The van der Waals surface area contributed by atoms with Gasteiger partial charge in [0.1, 0.15) is 6.54 Å². The van der Waals surface area contributed by atoms with E-state index in [2.05, 4.69) is 24.1 Å². The molecule has 0 unspecified atom stereocenters. The zero-order valence-corrected chi connectivity index (χ0v) is 13.7. The van der Waals surface area contributed by atoms with Gasteiger partial charge >= 0.3 is 0 Å². The van der Waals surface area contributed by atoms with Crippen molar-refractivity contribution in [2.24, 2.45) is 0 Å². The lowest BCUT2D eigenvalue weighted by molar-refractivity contribution is -0.116. The molecular weight excluding hydrogens is 302 g/mol. The molecule has 3 aromatic rings. The zero-order chi connectivity index (χ0) is 17.1. The number of fused-ring (bicyclic) bond motifs is 1. The van der Waals surface area contributed by atoms with Gasteiger partial charge in [0.25, 0.3) is 5.56 Å². The lowest BCUT2D eigenvalue weighted by Gasteiger charge is -2.10. The summed E-state index contributed by atoms with van der Waals surface area (Å²) in [6, 6.07) is 14.8. The van der Waals surface area contributed by atoms with Crippen LogP contribution in [0.1, 0.15) is 25.3 Å². The van der Waals surface area contributed by atoms with Crippen LogP contribution < -0.4 is 10.9 Å². The van der Waals surface area contributed by atoms with Crippen LogP contribution in [0.15, 0.2) is 59.7 Å². The molecule has 1 heterocycles. The van der Waals surface area contributed by atoms with E-state index in [0.717, 1.165) is 11.3 Å². The molecular formula is C19H19N3O2. The first kappa shape index (κ1) is 15.9. The Kier molecular flexibility index (Phi) is 4.42. The van der Waals surface area contributed by atoms with Crippen molar-refractivity contribution in [3.05, 3.63) is 70.8 Å². The Morgan fingerprint density at radius 1 is 1.17 bits per heavy atom. The standard InChI is InChI=1S/C19H19N3O2/c1-13(2)14-6-5-7-15(10-14)21-18(23)11-22-12-20-17-9-4-3-8-16(17)19(22)24/h3-10,12-13H,11H2,1-2H3,(H,21,23). The minimum absolute atomic E-state index is 0.0669. The molecule has 122 valence electrons. The molecule has 24 heavy (non-hydrogen) atoms. The predicted octanol–water partition coefficient (Wildman–Crippen LogP) is 3.16. The van der Waals surface area contributed by atoms with Gasteiger partial charge in [-0.3, -0.25) is 14.2 Å². The van der Waals surface area contributed by atoms with Crippen LogP contribution in [0.25, 0.3) is 10.9 Å². The van der Waals surface area contributed by atoms with Gasteiger partial charge in [-0.1, -0.05) is 38.1 Å². The molecule has 0 radical (unpaired) electrons. The van der Waals surface area contributed by atoms with Crippen molar-refractivity contribution < 1.29 is 4.79 Å². The average Bonchev–Trinajstić information content (AvgIpc) is 2.58. The summed E-state index contributed by atoms with van der Waals surface area (Å²) in [5.41, 5.74) is 2.29. The molecule has 0 saturated heterocycles. The quantitative estimate of drug-likeness (QED) is 0.803. The maximum absolute atomic E-state index is 12.4. The van der Waals surface area contributed by atoms with Gasteiger partial charge in [0.2, 0.25) is 5.91 Å². The molecule has 1 N–H and O–H groups in total. The number of para-hydroxylation sites is 1. The molecule has 2 aromatic carbocycles. The molecule has 0 aliphatic carbocycles. The number of anilines is 1. The lowest BCUT2D eigenvalue weighted by Crippen LogP contribution is -2.27. The second kappa shape index (κ2) is 6.66. The number of aromatic nitrogens is 2. The topological polar surface area (TPSA) is 64.0 Å². The highest BCUT2D eigenvalue weighted by molar-refractivity contribution is 5.90. The van der Waals surface area contributed by atoms with Gasteiger partial charge in [-0.15, -0.1) is 0 Å². The average molecular weight is 321 g/mol. The minimum atomic E-state index is -0.255. The molecule has 0 aliphatic heterocycles. The van der Waals surface area contributed by atoms with Crippen LogP contribution in [0.5, 0.6) is 0 Å². The fourth-order valence-electron chi connectivity index (χ4n) is 2.55. The minimum Gasteiger partial charge on any atom is -0.325 e. The van der Waals surface area contributed by atoms with E-state index in [0.29, 0.717) is 16.8 Å². The van der Waals surface area contributed by atoms with E-state index in [1.807, 2.05) is 30.3 Å².